The van der Waals surface area contributed by atoms with E-state index in [2.05, 4.69) is 15.5 Å². The monoisotopic (exact) mass is 321 g/mol. The number of hydrogen-bond acceptors (Lipinski definition) is 4. The molecule has 0 radical (unpaired) electrons. The van der Waals surface area contributed by atoms with Crippen molar-refractivity contribution in [2.75, 3.05) is 5.32 Å². The molecule has 1 aromatic heterocycles. The van der Waals surface area contributed by atoms with Crippen LogP contribution in [0, 0.1) is 6.92 Å². The van der Waals surface area contributed by atoms with Crippen molar-refractivity contribution in [3.63, 3.8) is 0 Å². The molecule has 1 heterocycles. The highest BCUT2D eigenvalue weighted by Crippen LogP contribution is 2.25. The number of carbonyl (C=O) groups is 1. The lowest BCUT2D eigenvalue weighted by Gasteiger charge is -2.05. The summed E-state index contributed by atoms with van der Waals surface area (Å²) in [7, 11) is 0. The van der Waals surface area contributed by atoms with Crippen LogP contribution in [0.5, 0.6) is 0 Å². The average molecular weight is 321 g/mol. The molecule has 0 atom stereocenters. The summed E-state index contributed by atoms with van der Waals surface area (Å²) < 4.78 is 5.77. The van der Waals surface area contributed by atoms with Crippen molar-refractivity contribution in [3.05, 3.63) is 54.1 Å². The third-order valence-corrected chi connectivity index (χ3v) is 3.59. The molecule has 0 saturated carbocycles. The van der Waals surface area contributed by atoms with E-state index in [9.17, 15) is 4.79 Å². The van der Waals surface area contributed by atoms with Crippen LogP contribution in [0.3, 0.4) is 0 Å². The largest absolute Gasteiger partial charge is 0.416 e. The van der Waals surface area contributed by atoms with Crippen molar-refractivity contribution in [1.29, 1.82) is 0 Å². The second-order valence-corrected chi connectivity index (χ2v) is 5.66. The molecule has 0 bridgehead atoms. The smallest absolute Gasteiger partial charge is 0.248 e. The Kier molecular flexibility index (Phi) is 4.70. The number of hydrogen-bond donors (Lipinski definition) is 1. The minimum Gasteiger partial charge on any atom is -0.416 e. The van der Waals surface area contributed by atoms with Crippen LogP contribution in [0.15, 0.2) is 52.9 Å². The molecule has 2 aromatic carbocycles. The summed E-state index contributed by atoms with van der Waals surface area (Å²) in [5.41, 5.74) is 3.55. The number of carbonyl (C=O) groups excluding carboxylic acids is 1. The first-order valence-corrected chi connectivity index (χ1v) is 7.96. The molecule has 0 saturated heterocycles. The SMILES string of the molecule is CCCC(=O)Nc1cccc(-c2nnc(-c3ccc(C)cc3)o2)c1. The van der Waals surface area contributed by atoms with Crippen molar-refractivity contribution >= 4 is 11.6 Å². The topological polar surface area (TPSA) is 68.0 Å². The summed E-state index contributed by atoms with van der Waals surface area (Å²) in [5, 5.41) is 11.1. The summed E-state index contributed by atoms with van der Waals surface area (Å²) in [6.45, 7) is 4.00. The van der Waals surface area contributed by atoms with Crippen LogP contribution in [-0.4, -0.2) is 16.1 Å². The van der Waals surface area contributed by atoms with Gasteiger partial charge in [-0.15, -0.1) is 10.2 Å². The molecule has 3 rings (SSSR count). The third kappa shape index (κ3) is 3.68. The van der Waals surface area contributed by atoms with E-state index in [4.69, 9.17) is 4.42 Å². The Hall–Kier alpha value is -2.95. The van der Waals surface area contributed by atoms with Gasteiger partial charge in [-0.05, 0) is 43.7 Å². The number of rotatable bonds is 5. The van der Waals surface area contributed by atoms with Crippen molar-refractivity contribution < 1.29 is 9.21 Å². The fourth-order valence-corrected chi connectivity index (χ4v) is 2.33. The van der Waals surface area contributed by atoms with Gasteiger partial charge in [0.15, 0.2) is 0 Å². The highest BCUT2D eigenvalue weighted by atomic mass is 16.4. The zero-order valence-electron chi connectivity index (χ0n) is 13.7. The van der Waals surface area contributed by atoms with Crippen LogP contribution in [0.2, 0.25) is 0 Å². The van der Waals surface area contributed by atoms with Gasteiger partial charge in [0.05, 0.1) is 0 Å². The van der Waals surface area contributed by atoms with E-state index in [0.717, 1.165) is 23.2 Å². The van der Waals surface area contributed by atoms with E-state index < -0.39 is 0 Å². The minimum absolute atomic E-state index is 0.000485. The molecule has 122 valence electrons. The third-order valence-electron chi connectivity index (χ3n) is 3.59. The van der Waals surface area contributed by atoms with Gasteiger partial charge in [-0.2, -0.15) is 0 Å². The molecule has 5 nitrogen and oxygen atoms in total. The van der Waals surface area contributed by atoms with Crippen LogP contribution in [0.4, 0.5) is 5.69 Å². The van der Waals surface area contributed by atoms with Crippen LogP contribution in [0.1, 0.15) is 25.3 Å². The lowest BCUT2D eigenvalue weighted by atomic mass is 10.1. The van der Waals surface area contributed by atoms with Crippen molar-refractivity contribution in [2.24, 2.45) is 0 Å². The van der Waals surface area contributed by atoms with Crippen LogP contribution < -0.4 is 5.32 Å². The van der Waals surface area contributed by atoms with E-state index in [-0.39, 0.29) is 5.91 Å². The maximum Gasteiger partial charge on any atom is 0.248 e. The summed E-state index contributed by atoms with van der Waals surface area (Å²) >= 11 is 0. The number of amides is 1. The van der Waals surface area contributed by atoms with E-state index >= 15 is 0 Å². The van der Waals surface area contributed by atoms with Gasteiger partial charge in [0.2, 0.25) is 17.7 Å². The number of nitrogens with zero attached hydrogens (tertiary/aromatic N) is 2. The number of aromatic nitrogens is 2. The quantitative estimate of drug-likeness (QED) is 0.754. The summed E-state index contributed by atoms with van der Waals surface area (Å²) in [4.78, 5) is 11.7. The van der Waals surface area contributed by atoms with Crippen molar-refractivity contribution in [1.82, 2.24) is 10.2 Å². The van der Waals surface area contributed by atoms with Crippen LogP contribution >= 0.6 is 0 Å². The Labute approximate surface area is 140 Å². The normalized spacial score (nSPS) is 10.6. The predicted molar refractivity (Wildman–Crippen MR) is 93.4 cm³/mol. The number of nitrogens with one attached hydrogen (secondary N) is 1. The molecule has 0 fully saturated rings. The van der Waals surface area contributed by atoms with E-state index in [0.29, 0.717) is 18.2 Å². The second-order valence-electron chi connectivity index (χ2n) is 5.66. The Morgan fingerprint density at radius 3 is 2.46 bits per heavy atom. The minimum atomic E-state index is 0.000485. The zero-order valence-corrected chi connectivity index (χ0v) is 13.7. The molecule has 1 amide bonds. The molecule has 3 aromatic rings. The Balaban J connectivity index is 1.82. The van der Waals surface area contributed by atoms with Gasteiger partial charge in [0.25, 0.3) is 0 Å². The first kappa shape index (κ1) is 15.9. The molecule has 0 aliphatic heterocycles. The molecule has 1 N–H and O–H groups in total. The zero-order chi connectivity index (χ0) is 16.9. The molecule has 0 aliphatic carbocycles. The maximum atomic E-state index is 11.7. The van der Waals surface area contributed by atoms with Gasteiger partial charge in [-0.3, -0.25) is 4.79 Å². The van der Waals surface area contributed by atoms with E-state index in [1.165, 1.54) is 5.56 Å². The van der Waals surface area contributed by atoms with Gasteiger partial charge in [0, 0.05) is 23.2 Å². The predicted octanol–water partition coefficient (Wildman–Crippen LogP) is 4.45. The number of anilines is 1. The first-order valence-electron chi connectivity index (χ1n) is 7.96. The average Bonchev–Trinajstić information content (AvgIpc) is 3.06. The molecule has 0 aliphatic rings. The van der Waals surface area contributed by atoms with Gasteiger partial charge >= 0.3 is 0 Å². The van der Waals surface area contributed by atoms with Gasteiger partial charge < -0.3 is 9.73 Å². The summed E-state index contributed by atoms with van der Waals surface area (Å²) in [6, 6.07) is 15.3. The number of aryl methyl sites for hydroxylation is 1. The summed E-state index contributed by atoms with van der Waals surface area (Å²) in [5.74, 6) is 0.906. The van der Waals surface area contributed by atoms with Crippen LogP contribution in [-0.2, 0) is 4.79 Å². The fourth-order valence-electron chi connectivity index (χ4n) is 2.33. The fraction of sp³-hybridized carbons (Fsp3) is 0.211. The highest BCUT2D eigenvalue weighted by molar-refractivity contribution is 5.91. The van der Waals surface area contributed by atoms with Gasteiger partial charge in [-0.25, -0.2) is 0 Å². The van der Waals surface area contributed by atoms with E-state index in [1.807, 2.05) is 62.4 Å². The standard InChI is InChI=1S/C19H19N3O2/c1-3-5-17(23)20-16-7-4-6-15(12-16)19-22-21-18(24-19)14-10-8-13(2)9-11-14/h4,6-12H,3,5H2,1-2H3,(H,20,23). The van der Waals surface area contributed by atoms with E-state index in [1.54, 1.807) is 0 Å². The Morgan fingerprint density at radius 1 is 1.04 bits per heavy atom. The number of benzene rings is 2. The molecular formula is C19H19N3O2. The Bertz CT molecular complexity index is 838. The molecule has 0 unspecified atom stereocenters. The van der Waals surface area contributed by atoms with Gasteiger partial charge in [0.1, 0.15) is 0 Å². The first-order chi connectivity index (χ1) is 11.7. The summed E-state index contributed by atoms with van der Waals surface area (Å²) in [6.07, 6.45) is 1.32. The van der Waals surface area contributed by atoms with Crippen molar-refractivity contribution in [2.45, 2.75) is 26.7 Å². The molecule has 0 spiro atoms. The lowest BCUT2D eigenvalue weighted by molar-refractivity contribution is -0.116. The molecular weight excluding hydrogens is 302 g/mol. The van der Waals surface area contributed by atoms with Gasteiger partial charge in [-0.1, -0.05) is 30.7 Å². The molecule has 5 heteroatoms. The highest BCUT2D eigenvalue weighted by Gasteiger charge is 2.11. The molecule has 24 heavy (non-hydrogen) atoms. The second kappa shape index (κ2) is 7.08. The Morgan fingerprint density at radius 2 is 1.75 bits per heavy atom. The maximum absolute atomic E-state index is 11.7. The van der Waals surface area contributed by atoms with Crippen molar-refractivity contribution in [3.8, 4) is 22.9 Å². The van der Waals surface area contributed by atoms with Crippen LogP contribution in [0.25, 0.3) is 22.9 Å². The lowest BCUT2D eigenvalue weighted by Crippen LogP contribution is -2.10.